The molecule has 1 aromatic rings. The summed E-state index contributed by atoms with van der Waals surface area (Å²) in [6, 6.07) is 2.13. The molecule has 1 aliphatic heterocycles. The smallest absolute Gasteiger partial charge is 0.223 e. The van der Waals surface area contributed by atoms with Crippen LogP contribution in [-0.2, 0) is 22.5 Å². The lowest BCUT2D eigenvalue weighted by Crippen LogP contribution is -2.40. The van der Waals surface area contributed by atoms with E-state index in [4.69, 9.17) is 10.00 Å². The molecule has 6 heteroatoms. The lowest BCUT2D eigenvalue weighted by Gasteiger charge is -2.26. The van der Waals surface area contributed by atoms with Crippen LogP contribution in [-0.4, -0.2) is 46.9 Å². The Balaban J connectivity index is 1.94. The second kappa shape index (κ2) is 7.23. The van der Waals surface area contributed by atoms with Gasteiger partial charge in [0.05, 0.1) is 37.9 Å². The van der Waals surface area contributed by atoms with Gasteiger partial charge in [-0.3, -0.25) is 9.48 Å². The number of aryl methyl sites for hydroxylation is 2. The number of hydrogen-bond acceptors (Lipinski definition) is 4. The molecule has 6 nitrogen and oxygen atoms in total. The predicted octanol–water partition coefficient (Wildman–Crippen LogP) is 1.21. The lowest BCUT2D eigenvalue weighted by molar-refractivity contribution is -0.135. The predicted molar refractivity (Wildman–Crippen MR) is 77.7 cm³/mol. The summed E-state index contributed by atoms with van der Waals surface area (Å²) in [6.45, 7) is 7.24. The van der Waals surface area contributed by atoms with Crippen molar-refractivity contribution in [2.75, 3.05) is 26.3 Å². The summed E-state index contributed by atoms with van der Waals surface area (Å²) in [5.41, 5.74) is 3.16. The van der Waals surface area contributed by atoms with Gasteiger partial charge in [-0.05, 0) is 25.8 Å². The molecule has 0 radical (unpaired) electrons. The van der Waals surface area contributed by atoms with Crippen LogP contribution in [0.25, 0.3) is 0 Å². The fourth-order valence-corrected chi connectivity index (χ4v) is 2.67. The molecule has 0 saturated carbocycles. The number of nitrogens with zero attached hydrogens (tertiary/aromatic N) is 4. The van der Waals surface area contributed by atoms with Crippen LogP contribution in [0.1, 0.15) is 29.8 Å². The summed E-state index contributed by atoms with van der Waals surface area (Å²) in [6.07, 6.45) is 1.67. The fourth-order valence-electron chi connectivity index (χ4n) is 2.67. The molecule has 0 atom stereocenters. The van der Waals surface area contributed by atoms with E-state index in [-0.39, 0.29) is 5.91 Å². The Bertz CT molecular complexity index is 539. The summed E-state index contributed by atoms with van der Waals surface area (Å²) in [5, 5.41) is 13.1. The van der Waals surface area contributed by atoms with Crippen molar-refractivity contribution in [2.45, 2.75) is 39.7 Å². The maximum atomic E-state index is 12.2. The first-order valence-electron chi connectivity index (χ1n) is 7.39. The zero-order valence-electron chi connectivity index (χ0n) is 12.8. The molecular formula is C15H22N4O2. The van der Waals surface area contributed by atoms with Gasteiger partial charge < -0.3 is 9.64 Å². The van der Waals surface area contributed by atoms with Gasteiger partial charge >= 0.3 is 0 Å². The van der Waals surface area contributed by atoms with Crippen molar-refractivity contribution in [3.05, 3.63) is 17.0 Å². The molecule has 114 valence electrons. The minimum absolute atomic E-state index is 0.182. The van der Waals surface area contributed by atoms with E-state index in [0.29, 0.717) is 52.1 Å². The first-order valence-corrected chi connectivity index (χ1v) is 7.39. The second-order valence-electron chi connectivity index (χ2n) is 5.27. The summed E-state index contributed by atoms with van der Waals surface area (Å²) in [4.78, 5) is 14.0. The Morgan fingerprint density at radius 3 is 2.76 bits per heavy atom. The van der Waals surface area contributed by atoms with E-state index in [1.54, 1.807) is 0 Å². The molecule has 2 rings (SSSR count). The number of amides is 1. The van der Waals surface area contributed by atoms with E-state index in [1.165, 1.54) is 0 Å². The third-order valence-corrected chi connectivity index (χ3v) is 3.92. The van der Waals surface area contributed by atoms with Crippen molar-refractivity contribution in [1.29, 1.82) is 5.26 Å². The van der Waals surface area contributed by atoms with Crippen LogP contribution in [0.5, 0.6) is 0 Å². The van der Waals surface area contributed by atoms with Crippen molar-refractivity contribution in [2.24, 2.45) is 0 Å². The van der Waals surface area contributed by atoms with Gasteiger partial charge in [0, 0.05) is 25.2 Å². The molecule has 21 heavy (non-hydrogen) atoms. The van der Waals surface area contributed by atoms with E-state index in [1.807, 2.05) is 23.4 Å². The first-order chi connectivity index (χ1) is 10.1. The topological polar surface area (TPSA) is 71.2 Å². The highest BCUT2D eigenvalue weighted by Crippen LogP contribution is 2.16. The maximum absolute atomic E-state index is 12.2. The first kappa shape index (κ1) is 15.5. The molecule has 2 heterocycles. The Morgan fingerprint density at radius 2 is 2.10 bits per heavy atom. The minimum Gasteiger partial charge on any atom is -0.378 e. The normalized spacial score (nSPS) is 15.0. The number of hydrogen-bond donors (Lipinski definition) is 0. The molecule has 0 spiro atoms. The Morgan fingerprint density at radius 1 is 1.38 bits per heavy atom. The Hall–Kier alpha value is -1.87. The van der Waals surface area contributed by atoms with Gasteiger partial charge in [0.25, 0.3) is 0 Å². The number of ether oxygens (including phenoxy) is 1. The monoisotopic (exact) mass is 290 g/mol. The number of aromatic nitrogens is 2. The van der Waals surface area contributed by atoms with Gasteiger partial charge in [0.15, 0.2) is 0 Å². The molecule has 1 aromatic heterocycles. The van der Waals surface area contributed by atoms with Gasteiger partial charge in [-0.2, -0.15) is 10.4 Å². The quantitative estimate of drug-likeness (QED) is 0.817. The van der Waals surface area contributed by atoms with Crippen molar-refractivity contribution in [1.82, 2.24) is 14.7 Å². The van der Waals surface area contributed by atoms with Crippen LogP contribution in [0.15, 0.2) is 0 Å². The van der Waals surface area contributed by atoms with Gasteiger partial charge in [-0.25, -0.2) is 0 Å². The Labute approximate surface area is 125 Å². The summed E-state index contributed by atoms with van der Waals surface area (Å²) >= 11 is 0. The van der Waals surface area contributed by atoms with Gasteiger partial charge in [-0.15, -0.1) is 0 Å². The van der Waals surface area contributed by atoms with Crippen LogP contribution in [0, 0.1) is 25.2 Å². The average molecular weight is 290 g/mol. The molecule has 0 bridgehead atoms. The van der Waals surface area contributed by atoms with Crippen LogP contribution in [0.4, 0.5) is 0 Å². The fraction of sp³-hybridized carbons (Fsp3) is 0.667. The summed E-state index contributed by atoms with van der Waals surface area (Å²) in [7, 11) is 0. The molecule has 0 aliphatic carbocycles. The van der Waals surface area contributed by atoms with Crippen molar-refractivity contribution < 1.29 is 9.53 Å². The highest BCUT2D eigenvalue weighted by Gasteiger charge is 2.18. The highest BCUT2D eigenvalue weighted by molar-refractivity contribution is 5.76. The van der Waals surface area contributed by atoms with Crippen molar-refractivity contribution in [3.63, 3.8) is 0 Å². The van der Waals surface area contributed by atoms with Crippen LogP contribution < -0.4 is 0 Å². The molecule has 1 amide bonds. The Kier molecular flexibility index (Phi) is 5.34. The lowest BCUT2D eigenvalue weighted by atomic mass is 10.1. The van der Waals surface area contributed by atoms with Gasteiger partial charge in [-0.1, -0.05) is 0 Å². The molecule has 1 aliphatic rings. The molecule has 0 aromatic carbocycles. The maximum Gasteiger partial charge on any atom is 0.223 e. The van der Waals surface area contributed by atoms with Crippen molar-refractivity contribution >= 4 is 5.91 Å². The largest absolute Gasteiger partial charge is 0.378 e. The zero-order chi connectivity index (χ0) is 15.2. The number of carbonyl (C=O) groups excluding carboxylic acids is 1. The van der Waals surface area contributed by atoms with E-state index in [0.717, 1.165) is 17.0 Å². The molecule has 1 fully saturated rings. The van der Waals surface area contributed by atoms with E-state index >= 15 is 0 Å². The van der Waals surface area contributed by atoms with Gasteiger partial charge in [0.1, 0.15) is 0 Å². The zero-order valence-corrected chi connectivity index (χ0v) is 12.8. The number of nitriles is 1. The molecule has 1 saturated heterocycles. The molecule has 0 unspecified atom stereocenters. The summed E-state index contributed by atoms with van der Waals surface area (Å²) in [5.74, 6) is 0.182. The standard InChI is InChI=1S/C15H22N4O2/c1-12-14(13(2)19(17-12)7-3-6-16)4-5-15(20)18-8-10-21-11-9-18/h3-5,7-11H2,1-2H3. The van der Waals surface area contributed by atoms with Crippen molar-refractivity contribution in [3.8, 4) is 6.07 Å². The average Bonchev–Trinajstić information content (AvgIpc) is 2.78. The number of morpholine rings is 1. The van der Waals surface area contributed by atoms with Crippen LogP contribution >= 0.6 is 0 Å². The third kappa shape index (κ3) is 3.82. The van der Waals surface area contributed by atoms with Crippen LogP contribution in [0.2, 0.25) is 0 Å². The number of rotatable bonds is 5. The minimum atomic E-state index is 0.182. The van der Waals surface area contributed by atoms with Gasteiger partial charge in [0.2, 0.25) is 5.91 Å². The van der Waals surface area contributed by atoms with E-state index < -0.39 is 0 Å². The molecule has 0 N–H and O–H groups in total. The van der Waals surface area contributed by atoms with E-state index in [2.05, 4.69) is 11.2 Å². The molecular weight excluding hydrogens is 268 g/mol. The number of carbonyl (C=O) groups is 1. The highest BCUT2D eigenvalue weighted by atomic mass is 16.5. The van der Waals surface area contributed by atoms with Crippen LogP contribution in [0.3, 0.4) is 0 Å². The SMILES string of the molecule is Cc1nn(CCC#N)c(C)c1CCC(=O)N1CCOCC1. The third-order valence-electron chi connectivity index (χ3n) is 3.92. The van der Waals surface area contributed by atoms with E-state index in [9.17, 15) is 4.79 Å². The second-order valence-corrected chi connectivity index (χ2v) is 5.27. The summed E-state index contributed by atoms with van der Waals surface area (Å²) < 4.78 is 7.13.